The molecule has 3 heteroatoms. The molecule has 0 aliphatic carbocycles. The Morgan fingerprint density at radius 2 is 1.58 bits per heavy atom. The van der Waals surface area contributed by atoms with E-state index < -0.39 is 5.60 Å². The first-order valence-electron chi connectivity index (χ1n) is 6.70. The number of hydrogen-bond donors (Lipinski definition) is 0. The van der Waals surface area contributed by atoms with Gasteiger partial charge in [0, 0.05) is 12.0 Å². The van der Waals surface area contributed by atoms with Crippen LogP contribution in [0, 0.1) is 0 Å². The van der Waals surface area contributed by atoms with Gasteiger partial charge in [-0.3, -0.25) is 4.79 Å². The molecule has 1 aromatic rings. The average molecular weight is 262 g/mol. The molecule has 0 radical (unpaired) electrons. The summed E-state index contributed by atoms with van der Waals surface area (Å²) in [5, 5.41) is 0. The van der Waals surface area contributed by atoms with Crippen molar-refractivity contribution in [1.82, 2.24) is 0 Å². The second-order valence-corrected chi connectivity index (χ2v) is 5.61. The minimum Gasteiger partial charge on any atom is -0.456 e. The monoisotopic (exact) mass is 262 g/mol. The molecule has 0 saturated carbocycles. The smallest absolute Gasteiger partial charge is 0.338 e. The Morgan fingerprint density at radius 1 is 1.05 bits per heavy atom. The molecular weight excluding hydrogens is 240 g/mol. The zero-order chi connectivity index (χ0) is 14.5. The number of Topliss-reactive ketones (excluding diaryl/α,β-unsaturated/α-hetero) is 1. The second-order valence-electron chi connectivity index (χ2n) is 5.61. The van der Waals surface area contributed by atoms with Gasteiger partial charge >= 0.3 is 5.97 Å². The summed E-state index contributed by atoms with van der Waals surface area (Å²) in [6.45, 7) is 7.54. The molecule has 0 aromatic heterocycles. The van der Waals surface area contributed by atoms with Gasteiger partial charge in [0.15, 0.2) is 5.78 Å². The van der Waals surface area contributed by atoms with E-state index in [-0.39, 0.29) is 11.8 Å². The molecule has 0 amide bonds. The Bertz CT molecular complexity index is 438. The number of rotatable bonds is 5. The number of carbonyl (C=O) groups excluding carboxylic acids is 2. The standard InChI is InChI=1S/C16H22O3/c1-5-6-7-14(17)12-8-10-13(11-9-12)15(18)19-16(2,3)4/h8-11H,5-7H2,1-4H3. The molecule has 3 nitrogen and oxygen atoms in total. The number of esters is 1. The second kappa shape index (κ2) is 6.50. The van der Waals surface area contributed by atoms with Gasteiger partial charge in [-0.25, -0.2) is 4.79 Å². The van der Waals surface area contributed by atoms with Crippen molar-refractivity contribution in [3.8, 4) is 0 Å². The summed E-state index contributed by atoms with van der Waals surface area (Å²) in [6.07, 6.45) is 2.46. The van der Waals surface area contributed by atoms with E-state index >= 15 is 0 Å². The van der Waals surface area contributed by atoms with E-state index in [9.17, 15) is 9.59 Å². The number of hydrogen-bond acceptors (Lipinski definition) is 3. The fraction of sp³-hybridized carbons (Fsp3) is 0.500. The summed E-state index contributed by atoms with van der Waals surface area (Å²) in [5.41, 5.74) is 0.620. The highest BCUT2D eigenvalue weighted by molar-refractivity contribution is 5.97. The predicted octanol–water partition coefficient (Wildman–Crippen LogP) is 4.01. The highest BCUT2D eigenvalue weighted by atomic mass is 16.6. The van der Waals surface area contributed by atoms with Gasteiger partial charge in [0.2, 0.25) is 0 Å². The molecule has 1 aromatic carbocycles. The lowest BCUT2D eigenvalue weighted by Crippen LogP contribution is -2.23. The van der Waals surface area contributed by atoms with Crippen molar-refractivity contribution in [3.63, 3.8) is 0 Å². The minimum atomic E-state index is -0.507. The van der Waals surface area contributed by atoms with Crippen LogP contribution in [0.1, 0.15) is 67.7 Å². The molecule has 0 heterocycles. The molecule has 104 valence electrons. The highest BCUT2D eigenvalue weighted by Gasteiger charge is 2.18. The molecule has 0 spiro atoms. The van der Waals surface area contributed by atoms with Gasteiger partial charge in [0.05, 0.1) is 5.56 Å². The molecule has 19 heavy (non-hydrogen) atoms. The molecule has 0 saturated heterocycles. The van der Waals surface area contributed by atoms with Crippen molar-refractivity contribution in [2.24, 2.45) is 0 Å². The van der Waals surface area contributed by atoms with Gasteiger partial charge in [-0.15, -0.1) is 0 Å². The summed E-state index contributed by atoms with van der Waals surface area (Å²) in [7, 11) is 0. The third kappa shape index (κ3) is 5.25. The lowest BCUT2D eigenvalue weighted by atomic mass is 10.0. The van der Waals surface area contributed by atoms with Crippen molar-refractivity contribution in [2.45, 2.75) is 52.6 Å². The first-order valence-corrected chi connectivity index (χ1v) is 6.70. The number of ether oxygens (including phenoxy) is 1. The maximum Gasteiger partial charge on any atom is 0.338 e. The molecule has 0 N–H and O–H groups in total. The lowest BCUT2D eigenvalue weighted by Gasteiger charge is -2.19. The Kier molecular flexibility index (Phi) is 5.28. The Labute approximate surface area is 115 Å². The first-order chi connectivity index (χ1) is 8.83. The maximum absolute atomic E-state index is 11.8. The van der Waals surface area contributed by atoms with E-state index in [1.807, 2.05) is 20.8 Å². The third-order valence-corrected chi connectivity index (χ3v) is 2.60. The summed E-state index contributed by atoms with van der Waals surface area (Å²) in [5.74, 6) is -0.238. The van der Waals surface area contributed by atoms with Crippen molar-refractivity contribution >= 4 is 11.8 Å². The fourth-order valence-corrected chi connectivity index (χ4v) is 1.61. The van der Waals surface area contributed by atoms with Crippen LogP contribution >= 0.6 is 0 Å². The molecule has 1 rings (SSSR count). The largest absolute Gasteiger partial charge is 0.456 e. The van der Waals surface area contributed by atoms with Crippen LogP contribution in [-0.4, -0.2) is 17.4 Å². The van der Waals surface area contributed by atoms with Gasteiger partial charge in [0.1, 0.15) is 5.60 Å². The Morgan fingerprint density at radius 3 is 2.05 bits per heavy atom. The highest BCUT2D eigenvalue weighted by Crippen LogP contribution is 2.14. The van der Waals surface area contributed by atoms with E-state index in [0.717, 1.165) is 12.8 Å². The van der Waals surface area contributed by atoms with Crippen molar-refractivity contribution in [3.05, 3.63) is 35.4 Å². The quantitative estimate of drug-likeness (QED) is 0.594. The van der Waals surface area contributed by atoms with E-state index in [1.165, 1.54) is 0 Å². The van der Waals surface area contributed by atoms with E-state index in [1.54, 1.807) is 24.3 Å². The minimum absolute atomic E-state index is 0.123. The van der Waals surface area contributed by atoms with E-state index in [0.29, 0.717) is 17.5 Å². The average Bonchev–Trinajstić information content (AvgIpc) is 2.34. The van der Waals surface area contributed by atoms with Crippen molar-refractivity contribution < 1.29 is 14.3 Å². The summed E-state index contributed by atoms with van der Waals surface area (Å²) < 4.78 is 5.27. The van der Waals surface area contributed by atoms with Gasteiger partial charge in [-0.2, -0.15) is 0 Å². The molecule has 0 aliphatic rings. The van der Waals surface area contributed by atoms with Crippen molar-refractivity contribution in [2.75, 3.05) is 0 Å². The summed E-state index contributed by atoms with van der Waals surface area (Å²) >= 11 is 0. The Hall–Kier alpha value is -1.64. The lowest BCUT2D eigenvalue weighted by molar-refractivity contribution is 0.00693. The first kappa shape index (κ1) is 15.4. The van der Waals surface area contributed by atoms with Crippen LogP contribution in [0.3, 0.4) is 0 Å². The van der Waals surface area contributed by atoms with Crippen LogP contribution in [0.2, 0.25) is 0 Å². The zero-order valence-electron chi connectivity index (χ0n) is 12.2. The van der Waals surface area contributed by atoms with E-state index in [2.05, 4.69) is 6.92 Å². The molecule has 0 aliphatic heterocycles. The molecule has 0 unspecified atom stereocenters. The number of unbranched alkanes of at least 4 members (excludes halogenated alkanes) is 1. The van der Waals surface area contributed by atoms with Gasteiger partial charge in [0.25, 0.3) is 0 Å². The molecular formula is C16H22O3. The van der Waals surface area contributed by atoms with Gasteiger partial charge in [-0.1, -0.05) is 25.5 Å². The molecule has 0 fully saturated rings. The van der Waals surface area contributed by atoms with Crippen LogP contribution < -0.4 is 0 Å². The van der Waals surface area contributed by atoms with Crippen LogP contribution in [0.15, 0.2) is 24.3 Å². The van der Waals surface area contributed by atoms with Gasteiger partial charge < -0.3 is 4.74 Å². The van der Waals surface area contributed by atoms with Crippen LogP contribution in [0.4, 0.5) is 0 Å². The van der Waals surface area contributed by atoms with Crippen LogP contribution in [-0.2, 0) is 4.74 Å². The van der Waals surface area contributed by atoms with Gasteiger partial charge in [-0.05, 0) is 39.3 Å². The molecule has 0 bridgehead atoms. The molecule has 0 atom stereocenters. The summed E-state index contributed by atoms with van der Waals surface area (Å²) in [6, 6.07) is 6.68. The van der Waals surface area contributed by atoms with Crippen molar-refractivity contribution in [1.29, 1.82) is 0 Å². The van der Waals surface area contributed by atoms with Crippen LogP contribution in [0.5, 0.6) is 0 Å². The SMILES string of the molecule is CCCCC(=O)c1ccc(C(=O)OC(C)(C)C)cc1. The number of carbonyl (C=O) groups is 2. The number of benzene rings is 1. The Balaban J connectivity index is 2.71. The third-order valence-electron chi connectivity index (χ3n) is 2.60. The zero-order valence-corrected chi connectivity index (χ0v) is 12.2. The normalized spacial score (nSPS) is 11.2. The number of ketones is 1. The van der Waals surface area contributed by atoms with E-state index in [4.69, 9.17) is 4.74 Å². The van der Waals surface area contributed by atoms with Crippen LogP contribution in [0.25, 0.3) is 0 Å². The maximum atomic E-state index is 11.8. The predicted molar refractivity (Wildman–Crippen MR) is 75.5 cm³/mol. The summed E-state index contributed by atoms with van der Waals surface area (Å²) in [4.78, 5) is 23.6. The topological polar surface area (TPSA) is 43.4 Å². The fourth-order valence-electron chi connectivity index (χ4n) is 1.61.